The van der Waals surface area contributed by atoms with Gasteiger partial charge in [0.2, 0.25) is 5.91 Å². The second kappa shape index (κ2) is 6.93. The van der Waals surface area contributed by atoms with E-state index in [1.807, 2.05) is 25.7 Å². The van der Waals surface area contributed by atoms with Crippen molar-refractivity contribution in [2.24, 2.45) is 0 Å². The molecule has 0 radical (unpaired) electrons. The standard InChI is InChI=1S/C21H27N5O3/c1-20(2,3)18-23-16-14(17(28)24-18)6-8-21(16)7-4-10-26(13-21)15(27)12-25-11-5-9-22-19(25)29/h5,9,11H,4,6-8,10,12-13H2,1-3H3,(H,23,24,28). The van der Waals surface area contributed by atoms with Crippen molar-refractivity contribution in [2.75, 3.05) is 13.1 Å². The fraction of sp³-hybridized carbons (Fsp3) is 0.571. The number of hydrogen-bond donors (Lipinski definition) is 1. The summed E-state index contributed by atoms with van der Waals surface area (Å²) in [7, 11) is 0. The number of likely N-dealkylation sites (tertiary alicyclic amines) is 1. The Labute approximate surface area is 169 Å². The van der Waals surface area contributed by atoms with Gasteiger partial charge in [-0.2, -0.15) is 0 Å². The molecule has 0 bridgehead atoms. The highest BCUT2D eigenvalue weighted by Gasteiger charge is 2.46. The van der Waals surface area contributed by atoms with E-state index in [4.69, 9.17) is 4.98 Å². The molecule has 154 valence electrons. The van der Waals surface area contributed by atoms with Crippen LogP contribution in [0.3, 0.4) is 0 Å². The molecule has 2 aliphatic rings. The first-order valence-electron chi connectivity index (χ1n) is 10.1. The van der Waals surface area contributed by atoms with Gasteiger partial charge in [0.25, 0.3) is 5.56 Å². The van der Waals surface area contributed by atoms with Gasteiger partial charge in [0.05, 0.1) is 5.69 Å². The highest BCUT2D eigenvalue weighted by molar-refractivity contribution is 5.76. The fourth-order valence-corrected chi connectivity index (χ4v) is 4.50. The number of hydrogen-bond acceptors (Lipinski definition) is 5. The lowest BCUT2D eigenvalue weighted by atomic mass is 9.77. The van der Waals surface area contributed by atoms with Gasteiger partial charge in [0.1, 0.15) is 12.4 Å². The van der Waals surface area contributed by atoms with Crippen molar-refractivity contribution >= 4 is 5.91 Å². The zero-order valence-corrected chi connectivity index (χ0v) is 17.2. The third-order valence-electron chi connectivity index (χ3n) is 6.10. The zero-order chi connectivity index (χ0) is 20.8. The molecule has 1 aliphatic carbocycles. The van der Waals surface area contributed by atoms with Crippen LogP contribution in [-0.2, 0) is 28.6 Å². The molecule has 1 aliphatic heterocycles. The van der Waals surface area contributed by atoms with E-state index in [0.29, 0.717) is 25.3 Å². The highest BCUT2D eigenvalue weighted by atomic mass is 16.2. The summed E-state index contributed by atoms with van der Waals surface area (Å²) in [6.07, 6.45) is 6.27. The molecule has 2 aromatic heterocycles. The molecule has 1 N–H and O–H groups in total. The molecule has 3 heterocycles. The molecule has 1 fully saturated rings. The van der Waals surface area contributed by atoms with E-state index in [1.54, 1.807) is 12.3 Å². The van der Waals surface area contributed by atoms with Gasteiger partial charge in [-0.15, -0.1) is 0 Å². The van der Waals surface area contributed by atoms with Gasteiger partial charge >= 0.3 is 5.69 Å². The van der Waals surface area contributed by atoms with Crippen LogP contribution in [0.5, 0.6) is 0 Å². The number of fused-ring (bicyclic) bond motifs is 2. The van der Waals surface area contributed by atoms with Crippen molar-refractivity contribution in [1.82, 2.24) is 24.4 Å². The molecule has 1 unspecified atom stereocenters. The van der Waals surface area contributed by atoms with Gasteiger partial charge in [0, 0.05) is 41.9 Å². The summed E-state index contributed by atoms with van der Waals surface area (Å²) in [6, 6.07) is 1.64. The largest absolute Gasteiger partial charge is 0.347 e. The lowest BCUT2D eigenvalue weighted by molar-refractivity contribution is -0.134. The molecular formula is C21H27N5O3. The Kier molecular flexibility index (Phi) is 4.67. The van der Waals surface area contributed by atoms with Crippen LogP contribution in [0.15, 0.2) is 28.0 Å². The maximum absolute atomic E-state index is 12.9. The Morgan fingerprint density at radius 2 is 2.07 bits per heavy atom. The van der Waals surface area contributed by atoms with Crippen LogP contribution in [0.25, 0.3) is 0 Å². The van der Waals surface area contributed by atoms with Crippen molar-refractivity contribution in [2.45, 2.75) is 63.8 Å². The van der Waals surface area contributed by atoms with Crippen molar-refractivity contribution < 1.29 is 4.79 Å². The Morgan fingerprint density at radius 3 is 2.79 bits per heavy atom. The maximum Gasteiger partial charge on any atom is 0.347 e. The summed E-state index contributed by atoms with van der Waals surface area (Å²) in [5, 5.41) is 0. The molecule has 2 aromatic rings. The average Bonchev–Trinajstić information content (AvgIpc) is 3.01. The number of rotatable bonds is 2. The molecule has 0 aromatic carbocycles. The average molecular weight is 397 g/mol. The summed E-state index contributed by atoms with van der Waals surface area (Å²) in [6.45, 7) is 7.25. The van der Waals surface area contributed by atoms with E-state index in [9.17, 15) is 14.4 Å². The number of piperidine rings is 1. The van der Waals surface area contributed by atoms with Crippen molar-refractivity contribution in [3.63, 3.8) is 0 Å². The van der Waals surface area contributed by atoms with Crippen LogP contribution in [0, 0.1) is 0 Å². The van der Waals surface area contributed by atoms with E-state index < -0.39 is 5.69 Å². The summed E-state index contributed by atoms with van der Waals surface area (Å²) >= 11 is 0. The Balaban J connectivity index is 1.63. The van der Waals surface area contributed by atoms with Crippen molar-refractivity contribution in [3.8, 4) is 0 Å². The first-order valence-corrected chi connectivity index (χ1v) is 10.1. The Bertz CT molecular complexity index is 1060. The number of aromatic nitrogens is 4. The number of nitrogens with zero attached hydrogens (tertiary/aromatic N) is 4. The molecular weight excluding hydrogens is 370 g/mol. The number of H-pyrrole nitrogens is 1. The van der Waals surface area contributed by atoms with Gasteiger partial charge in [-0.25, -0.2) is 14.8 Å². The van der Waals surface area contributed by atoms with E-state index in [0.717, 1.165) is 30.5 Å². The van der Waals surface area contributed by atoms with Crippen LogP contribution in [0.1, 0.15) is 57.1 Å². The Morgan fingerprint density at radius 1 is 1.28 bits per heavy atom. The van der Waals surface area contributed by atoms with Crippen LogP contribution in [0.2, 0.25) is 0 Å². The molecule has 1 saturated heterocycles. The van der Waals surface area contributed by atoms with E-state index in [1.165, 1.54) is 10.8 Å². The second-order valence-electron chi connectivity index (χ2n) is 9.22. The second-order valence-corrected chi connectivity index (χ2v) is 9.22. The van der Waals surface area contributed by atoms with Gasteiger partial charge < -0.3 is 9.88 Å². The van der Waals surface area contributed by atoms with E-state index in [2.05, 4.69) is 9.97 Å². The third kappa shape index (κ3) is 3.52. The number of nitrogens with one attached hydrogen (secondary N) is 1. The smallest absolute Gasteiger partial charge is 0.340 e. The van der Waals surface area contributed by atoms with E-state index >= 15 is 0 Å². The summed E-state index contributed by atoms with van der Waals surface area (Å²) in [5.41, 5.74) is 0.600. The first kappa shape index (κ1) is 19.5. The predicted octanol–water partition coefficient (Wildman–Crippen LogP) is 1.13. The van der Waals surface area contributed by atoms with Gasteiger partial charge in [-0.3, -0.25) is 14.2 Å². The van der Waals surface area contributed by atoms with Gasteiger partial charge in [0.15, 0.2) is 0 Å². The summed E-state index contributed by atoms with van der Waals surface area (Å²) in [4.78, 5) is 50.8. The van der Waals surface area contributed by atoms with Crippen molar-refractivity contribution in [3.05, 3.63) is 56.4 Å². The highest BCUT2D eigenvalue weighted by Crippen LogP contribution is 2.43. The molecule has 8 heteroatoms. The summed E-state index contributed by atoms with van der Waals surface area (Å²) in [5.74, 6) is 0.585. The number of carbonyl (C=O) groups is 1. The minimum absolute atomic E-state index is 0.0222. The predicted molar refractivity (Wildman–Crippen MR) is 108 cm³/mol. The molecule has 1 amide bonds. The molecule has 29 heavy (non-hydrogen) atoms. The normalized spacial score (nSPS) is 21.4. The Hall–Kier alpha value is -2.77. The van der Waals surface area contributed by atoms with Crippen molar-refractivity contribution in [1.29, 1.82) is 0 Å². The quantitative estimate of drug-likeness (QED) is 0.819. The lowest BCUT2D eigenvalue weighted by Crippen LogP contribution is -2.49. The molecule has 0 saturated carbocycles. The molecule has 8 nitrogen and oxygen atoms in total. The number of carbonyl (C=O) groups excluding carboxylic acids is 1. The SMILES string of the molecule is CC(C)(C)c1nc2c(c(=O)[nH]1)CCC21CCCN(C(=O)Cn2cccnc2=O)C1. The van der Waals surface area contributed by atoms with Gasteiger partial charge in [-0.05, 0) is 31.7 Å². The maximum atomic E-state index is 12.9. The molecule has 1 atom stereocenters. The first-order chi connectivity index (χ1) is 13.7. The van der Waals surface area contributed by atoms with Crippen LogP contribution < -0.4 is 11.2 Å². The van der Waals surface area contributed by atoms with Crippen LogP contribution in [0.4, 0.5) is 0 Å². The third-order valence-corrected chi connectivity index (χ3v) is 6.10. The van der Waals surface area contributed by atoms with Gasteiger partial charge in [-0.1, -0.05) is 20.8 Å². The fourth-order valence-electron chi connectivity index (χ4n) is 4.50. The van der Waals surface area contributed by atoms with Crippen LogP contribution in [-0.4, -0.2) is 43.4 Å². The monoisotopic (exact) mass is 397 g/mol. The molecule has 4 rings (SSSR count). The van der Waals surface area contributed by atoms with E-state index in [-0.39, 0.29) is 28.8 Å². The zero-order valence-electron chi connectivity index (χ0n) is 17.2. The molecule has 1 spiro atoms. The summed E-state index contributed by atoms with van der Waals surface area (Å²) < 4.78 is 1.33. The minimum atomic E-state index is -0.429. The number of amides is 1. The van der Waals surface area contributed by atoms with Crippen LogP contribution >= 0.6 is 0 Å². The topological polar surface area (TPSA) is 101 Å². The number of aromatic amines is 1. The lowest BCUT2D eigenvalue weighted by Gasteiger charge is -2.40. The minimum Gasteiger partial charge on any atom is -0.340 e.